The first-order valence-corrected chi connectivity index (χ1v) is 15.5. The van der Waals surface area contributed by atoms with Crippen LogP contribution >= 0.6 is 11.6 Å². The summed E-state index contributed by atoms with van der Waals surface area (Å²) in [6.07, 6.45) is 5.57. The molecule has 5 rings (SSSR count). The van der Waals surface area contributed by atoms with Gasteiger partial charge in [-0.1, -0.05) is 37.6 Å². The molecule has 4 aromatic rings. The molecule has 3 aromatic carbocycles. The first kappa shape index (κ1) is 31.4. The molecule has 0 saturated heterocycles. The minimum atomic E-state index is -2.29. The molecule has 44 heavy (non-hydrogen) atoms. The molecule has 2 N–H and O–H groups in total. The lowest BCUT2D eigenvalue weighted by Crippen LogP contribution is -2.34. The molecule has 12 heteroatoms. The number of benzene rings is 3. The van der Waals surface area contributed by atoms with Crippen molar-refractivity contribution in [2.24, 2.45) is 5.92 Å². The smallest absolute Gasteiger partial charge is 0.214 e. The van der Waals surface area contributed by atoms with Crippen molar-refractivity contribution >= 4 is 49.2 Å². The predicted molar refractivity (Wildman–Crippen MR) is 168 cm³/mol. The summed E-state index contributed by atoms with van der Waals surface area (Å²) in [5.74, 6) is -0.0668. The number of hydrogen-bond acceptors (Lipinski definition) is 8. The molecule has 1 aromatic heterocycles. The highest BCUT2D eigenvalue weighted by Gasteiger charge is 2.38. The maximum absolute atomic E-state index is 15.6. The Morgan fingerprint density at radius 2 is 1.98 bits per heavy atom. The minimum Gasteiger partial charge on any atom is -0.490 e. The first-order chi connectivity index (χ1) is 21.1. The van der Waals surface area contributed by atoms with Crippen molar-refractivity contribution in [1.29, 1.82) is 0 Å². The average Bonchev–Trinajstić information content (AvgIpc) is 3.46. The summed E-state index contributed by atoms with van der Waals surface area (Å²) in [6.45, 7) is 4.40. The van der Waals surface area contributed by atoms with Crippen LogP contribution in [0.1, 0.15) is 37.8 Å². The van der Waals surface area contributed by atoms with Gasteiger partial charge in [0.1, 0.15) is 41.7 Å². The predicted octanol–water partition coefficient (Wildman–Crippen LogP) is 6.70. The summed E-state index contributed by atoms with van der Waals surface area (Å²) < 4.78 is 63.9. The van der Waals surface area contributed by atoms with Gasteiger partial charge >= 0.3 is 0 Å². The lowest BCUT2D eigenvalue weighted by molar-refractivity contribution is 0.0297. The van der Waals surface area contributed by atoms with Gasteiger partial charge in [-0.15, -0.1) is 0 Å². The molecule has 0 bridgehead atoms. The van der Waals surface area contributed by atoms with E-state index < -0.39 is 21.7 Å². The zero-order valence-electron chi connectivity index (χ0n) is 24.1. The normalized spacial score (nSPS) is 15.9. The van der Waals surface area contributed by atoms with Crippen LogP contribution in [-0.2, 0) is 27.2 Å². The topological polar surface area (TPSA) is 102 Å². The molecule has 1 aliphatic rings. The minimum absolute atomic E-state index is 0.123. The van der Waals surface area contributed by atoms with Gasteiger partial charge < -0.3 is 20.1 Å². The van der Waals surface area contributed by atoms with Crippen LogP contribution in [0.3, 0.4) is 0 Å². The summed E-state index contributed by atoms with van der Waals surface area (Å²) in [4.78, 5) is 9.04. The summed E-state index contributed by atoms with van der Waals surface area (Å²) >= 11 is 6.49. The van der Waals surface area contributed by atoms with E-state index in [4.69, 9.17) is 21.1 Å². The molecule has 0 radical (unpaired) electrons. The van der Waals surface area contributed by atoms with Gasteiger partial charge in [-0.3, -0.25) is 0 Å². The van der Waals surface area contributed by atoms with Crippen molar-refractivity contribution in [2.45, 2.75) is 38.9 Å². The summed E-state index contributed by atoms with van der Waals surface area (Å²) in [7, 11) is -2.29. The third-order valence-corrected chi connectivity index (χ3v) is 8.73. The number of nitrogens with zero attached hydrogens (tertiary/aromatic N) is 2. The third-order valence-electron chi connectivity index (χ3n) is 7.39. The van der Waals surface area contributed by atoms with Gasteiger partial charge in [0.2, 0.25) is 10.3 Å². The summed E-state index contributed by atoms with van der Waals surface area (Å²) in [5.41, 5.74) is 1.04. The van der Waals surface area contributed by atoms with Crippen molar-refractivity contribution < 1.29 is 26.7 Å². The van der Waals surface area contributed by atoms with Crippen LogP contribution in [0, 0.1) is 17.6 Å². The molecule has 1 aliphatic heterocycles. The zero-order valence-corrected chi connectivity index (χ0v) is 25.7. The molecular weight excluding hydrogens is 610 g/mol. The fourth-order valence-corrected chi connectivity index (χ4v) is 5.88. The van der Waals surface area contributed by atoms with E-state index >= 15 is 4.39 Å². The van der Waals surface area contributed by atoms with Gasteiger partial charge in [0.05, 0.1) is 21.7 Å². The summed E-state index contributed by atoms with van der Waals surface area (Å²) in [6, 6.07) is 14.3. The Hall–Kier alpha value is -4.06. The highest BCUT2D eigenvalue weighted by atomic mass is 35.5. The van der Waals surface area contributed by atoms with Crippen LogP contribution in [0.4, 0.5) is 20.3 Å². The van der Waals surface area contributed by atoms with E-state index in [1.54, 1.807) is 42.7 Å². The number of anilines is 2. The Kier molecular flexibility index (Phi) is 9.77. The number of halogens is 3. The lowest BCUT2D eigenvalue weighted by atomic mass is 9.86. The van der Waals surface area contributed by atoms with Gasteiger partial charge in [0.15, 0.2) is 0 Å². The molecule has 0 fully saturated rings. The van der Waals surface area contributed by atoms with Crippen LogP contribution in [0.15, 0.2) is 73.3 Å². The van der Waals surface area contributed by atoms with Crippen molar-refractivity contribution in [3.8, 4) is 5.75 Å². The first-order valence-electron chi connectivity index (χ1n) is 14.0. The fourth-order valence-electron chi connectivity index (χ4n) is 5.04. The van der Waals surface area contributed by atoms with Gasteiger partial charge in [-0.05, 0) is 60.5 Å². The highest BCUT2D eigenvalue weighted by Crippen LogP contribution is 2.41. The van der Waals surface area contributed by atoms with Gasteiger partial charge in [0, 0.05) is 42.1 Å². The molecule has 0 aliphatic carbocycles. The van der Waals surface area contributed by atoms with Crippen LogP contribution in [0.25, 0.3) is 10.9 Å². The monoisotopic (exact) mass is 640 g/mol. The molecule has 0 saturated carbocycles. The number of rotatable bonds is 12. The van der Waals surface area contributed by atoms with E-state index in [0.29, 0.717) is 68.6 Å². The molecule has 0 amide bonds. The van der Waals surface area contributed by atoms with E-state index in [1.807, 2.05) is 19.9 Å². The molecule has 1 unspecified atom stereocenters. The largest absolute Gasteiger partial charge is 0.490 e. The molecule has 0 spiro atoms. The van der Waals surface area contributed by atoms with E-state index in [-0.39, 0.29) is 24.9 Å². The molecule has 2 heterocycles. The van der Waals surface area contributed by atoms with Crippen molar-refractivity contribution in [2.75, 3.05) is 18.4 Å². The Labute approximate surface area is 260 Å². The Bertz CT molecular complexity index is 1830. The fraction of sp³-hybridized carbons (Fsp3) is 0.281. The van der Waals surface area contributed by atoms with Crippen molar-refractivity contribution in [1.82, 2.24) is 15.3 Å². The second-order valence-corrected chi connectivity index (χ2v) is 12.1. The average molecular weight is 641 g/mol. The quantitative estimate of drug-likeness (QED) is 0.130. The maximum atomic E-state index is 15.6. The number of fused-ring (bicyclic) bond motifs is 1. The third kappa shape index (κ3) is 7.18. The lowest BCUT2D eigenvalue weighted by Gasteiger charge is -2.30. The number of aromatic nitrogens is 2. The Balaban J connectivity index is 1.36. The second-order valence-electron chi connectivity index (χ2n) is 10.7. The van der Waals surface area contributed by atoms with Crippen molar-refractivity contribution in [3.05, 3.63) is 101 Å². The Morgan fingerprint density at radius 1 is 1.14 bits per heavy atom. The van der Waals surface area contributed by atoms with Gasteiger partial charge in [-0.2, -0.15) is 8.42 Å². The van der Waals surface area contributed by atoms with E-state index in [0.717, 1.165) is 0 Å². The SMILES string of the molecule is CC(C)C(CNCCC1(c2cc3c(Nc4ccc(OCc5cccc(F)c5)c(Cl)c4)ncnc3cc2F)CC=CO1)=S(=O)=O. The molecule has 8 nitrogen and oxygen atoms in total. The van der Waals surface area contributed by atoms with Crippen LogP contribution in [0.5, 0.6) is 5.75 Å². The maximum Gasteiger partial charge on any atom is 0.214 e. The number of nitrogens with one attached hydrogen (secondary N) is 2. The van der Waals surface area contributed by atoms with E-state index in [9.17, 15) is 12.8 Å². The molecular formula is C32H31ClF2N4O4S. The van der Waals surface area contributed by atoms with Crippen LogP contribution < -0.4 is 15.4 Å². The Morgan fingerprint density at radius 3 is 2.68 bits per heavy atom. The number of ether oxygens (including phenoxy) is 2. The van der Waals surface area contributed by atoms with Gasteiger partial charge in [-0.25, -0.2) is 18.7 Å². The highest BCUT2D eigenvalue weighted by molar-refractivity contribution is 7.73. The molecule has 230 valence electrons. The second kappa shape index (κ2) is 13.7. The zero-order chi connectivity index (χ0) is 31.3. The van der Waals surface area contributed by atoms with Gasteiger partial charge in [0.25, 0.3) is 0 Å². The van der Waals surface area contributed by atoms with E-state index in [2.05, 4.69) is 20.6 Å². The standard InChI is InChI=1S/C32H31ClF2N4O4S/c1-20(2)30(44(40)41)17-36-11-10-32(9-4-12-43-32)25-15-24-28(16-27(25)35)37-19-38-31(24)39-23-7-8-29(26(33)14-23)42-18-21-5-3-6-22(34)13-21/h3-8,12-16,19-20,36H,9-11,17-18H2,1-2H3,(H,37,38,39). The van der Waals surface area contributed by atoms with E-state index in [1.165, 1.54) is 24.5 Å². The number of hydrogen-bond donors (Lipinski definition) is 2. The summed E-state index contributed by atoms with van der Waals surface area (Å²) in [5, 5.41) is 7.32. The van der Waals surface area contributed by atoms with Crippen LogP contribution in [-0.4, -0.2) is 36.3 Å². The van der Waals surface area contributed by atoms with Crippen molar-refractivity contribution in [3.63, 3.8) is 0 Å². The molecule has 1 atom stereocenters. The van der Waals surface area contributed by atoms with Crippen LogP contribution in [0.2, 0.25) is 5.02 Å².